The Labute approximate surface area is 221 Å². The van der Waals surface area contributed by atoms with Gasteiger partial charge in [-0.2, -0.15) is 0 Å². The van der Waals surface area contributed by atoms with Gasteiger partial charge in [0.25, 0.3) is 5.24 Å². The van der Waals surface area contributed by atoms with Crippen LogP contribution in [0.25, 0.3) is 0 Å². The molecule has 0 heterocycles. The SMILES string of the molecule is CCC(=O)OCCCOC(=O)NC1CC(C)(C)CC(C)(CNC(=O)SCCC[Si](OC)(OC)OC)C1. The van der Waals surface area contributed by atoms with Crippen LogP contribution in [0.3, 0.4) is 0 Å². The zero-order valence-electron chi connectivity index (χ0n) is 23.0. The molecule has 1 fully saturated rings. The second-order valence-electron chi connectivity index (χ2n) is 10.4. The van der Waals surface area contributed by atoms with Crippen LogP contribution >= 0.6 is 11.8 Å². The van der Waals surface area contributed by atoms with Crippen molar-refractivity contribution in [3.63, 3.8) is 0 Å². The van der Waals surface area contributed by atoms with Crippen LogP contribution in [0, 0.1) is 10.8 Å². The summed E-state index contributed by atoms with van der Waals surface area (Å²) < 4.78 is 26.5. The topological polar surface area (TPSA) is 121 Å². The average molecular weight is 551 g/mol. The van der Waals surface area contributed by atoms with E-state index in [4.69, 9.17) is 22.8 Å². The lowest BCUT2D eigenvalue weighted by atomic mass is 9.62. The molecule has 0 radical (unpaired) electrons. The number of hydrogen-bond donors (Lipinski definition) is 2. The van der Waals surface area contributed by atoms with Gasteiger partial charge in [-0.1, -0.05) is 39.5 Å². The normalized spacial score (nSPS) is 21.5. The number of carbonyl (C=O) groups excluding carboxylic acids is 3. The highest BCUT2D eigenvalue weighted by molar-refractivity contribution is 8.13. The molecule has 210 valence electrons. The summed E-state index contributed by atoms with van der Waals surface area (Å²) in [7, 11) is 2.14. The molecular formula is C24H46N2O8SSi. The zero-order valence-corrected chi connectivity index (χ0v) is 24.8. The Balaban J connectivity index is 2.44. The molecule has 0 aromatic carbocycles. The molecule has 2 N–H and O–H groups in total. The summed E-state index contributed by atoms with van der Waals surface area (Å²) in [6.07, 6.45) is 3.58. The number of esters is 1. The molecule has 2 amide bonds. The van der Waals surface area contributed by atoms with Gasteiger partial charge in [0, 0.05) is 58.6 Å². The Hall–Kier alpha value is -1.34. The number of rotatable bonds is 15. The van der Waals surface area contributed by atoms with Gasteiger partial charge in [-0.25, -0.2) is 4.79 Å². The molecule has 2 unspecified atom stereocenters. The Morgan fingerprint density at radius 2 is 1.61 bits per heavy atom. The van der Waals surface area contributed by atoms with Gasteiger partial charge in [-0.3, -0.25) is 9.59 Å². The number of thioether (sulfide) groups is 1. The minimum atomic E-state index is -2.61. The van der Waals surface area contributed by atoms with Crippen molar-refractivity contribution < 1.29 is 37.1 Å². The molecule has 2 atom stereocenters. The third kappa shape index (κ3) is 12.3. The van der Waals surface area contributed by atoms with Crippen molar-refractivity contribution >= 4 is 37.9 Å². The standard InChI is InChI=1S/C24H46N2O8SSi/c1-8-20(27)33-11-9-12-34-21(28)26-19-15-23(2,3)17-24(4,16-19)18-25-22(29)35-13-10-14-36(30-5,31-6)32-7/h19H,8-18H2,1-7H3,(H,25,29)(H,26,28). The first-order valence-corrected chi connectivity index (χ1v) is 15.5. The average Bonchev–Trinajstić information content (AvgIpc) is 2.81. The molecule has 0 saturated heterocycles. The maximum Gasteiger partial charge on any atom is 0.500 e. The second-order valence-corrected chi connectivity index (χ2v) is 14.5. The van der Waals surface area contributed by atoms with Gasteiger partial charge in [0.05, 0.1) is 13.2 Å². The van der Waals surface area contributed by atoms with E-state index in [2.05, 4.69) is 31.4 Å². The third-order valence-corrected chi connectivity index (χ3v) is 10.0. The van der Waals surface area contributed by atoms with Crippen LogP contribution in [0.15, 0.2) is 0 Å². The van der Waals surface area contributed by atoms with E-state index in [1.165, 1.54) is 11.8 Å². The highest BCUT2D eigenvalue weighted by Gasteiger charge is 2.42. The Morgan fingerprint density at radius 3 is 2.22 bits per heavy atom. The number of nitrogens with one attached hydrogen (secondary N) is 2. The van der Waals surface area contributed by atoms with Crippen molar-refractivity contribution in [3.05, 3.63) is 0 Å². The smallest absolute Gasteiger partial charge is 0.466 e. The van der Waals surface area contributed by atoms with Crippen molar-refractivity contribution in [2.45, 2.75) is 78.3 Å². The van der Waals surface area contributed by atoms with Crippen LogP contribution in [-0.2, 0) is 27.5 Å². The molecular weight excluding hydrogens is 504 g/mol. The summed E-state index contributed by atoms with van der Waals surface area (Å²) in [5.41, 5.74) is -0.153. The number of alkyl carbamates (subject to hydrolysis) is 1. The Kier molecular flexibility index (Phi) is 14.3. The molecule has 1 rings (SSSR count). The summed E-state index contributed by atoms with van der Waals surface area (Å²) in [6, 6.07) is 0.597. The first-order valence-electron chi connectivity index (χ1n) is 12.6. The third-order valence-electron chi connectivity index (χ3n) is 6.29. The summed E-state index contributed by atoms with van der Waals surface area (Å²) in [5.74, 6) is 0.382. The van der Waals surface area contributed by atoms with E-state index < -0.39 is 14.9 Å². The zero-order chi connectivity index (χ0) is 27.2. The van der Waals surface area contributed by atoms with Gasteiger partial charge >= 0.3 is 20.9 Å². The predicted octanol–water partition coefficient (Wildman–Crippen LogP) is 4.35. The molecule has 0 aromatic heterocycles. The highest BCUT2D eigenvalue weighted by atomic mass is 32.2. The van der Waals surface area contributed by atoms with Gasteiger partial charge in [-0.15, -0.1) is 0 Å². The first-order chi connectivity index (χ1) is 16.9. The van der Waals surface area contributed by atoms with E-state index in [1.54, 1.807) is 28.3 Å². The van der Waals surface area contributed by atoms with Crippen molar-refractivity contribution in [2.75, 3.05) is 46.8 Å². The van der Waals surface area contributed by atoms with Crippen molar-refractivity contribution in [3.8, 4) is 0 Å². The van der Waals surface area contributed by atoms with Crippen molar-refractivity contribution in [2.24, 2.45) is 10.8 Å². The lowest BCUT2D eigenvalue weighted by molar-refractivity contribution is -0.143. The molecule has 1 aliphatic carbocycles. The van der Waals surface area contributed by atoms with E-state index in [1.807, 2.05) is 0 Å². The first kappa shape index (κ1) is 32.7. The number of amides is 2. The lowest BCUT2D eigenvalue weighted by Crippen LogP contribution is -2.50. The molecule has 1 saturated carbocycles. The second kappa shape index (κ2) is 15.8. The lowest BCUT2D eigenvalue weighted by Gasteiger charge is -2.46. The van der Waals surface area contributed by atoms with Crippen molar-refractivity contribution in [1.82, 2.24) is 10.6 Å². The van der Waals surface area contributed by atoms with Gasteiger partial charge in [0.15, 0.2) is 0 Å². The summed E-state index contributed by atoms with van der Waals surface area (Å²) in [6.45, 7) is 9.20. The fourth-order valence-corrected chi connectivity index (χ4v) is 7.56. The molecule has 0 bridgehead atoms. The van der Waals surface area contributed by atoms with Crippen LogP contribution < -0.4 is 10.6 Å². The van der Waals surface area contributed by atoms with Gasteiger partial charge < -0.3 is 33.4 Å². The van der Waals surface area contributed by atoms with E-state index in [-0.39, 0.29) is 41.3 Å². The quantitative estimate of drug-likeness (QED) is 0.174. The molecule has 0 aromatic rings. The van der Waals surface area contributed by atoms with Crippen LogP contribution in [0.2, 0.25) is 6.04 Å². The number of ether oxygens (including phenoxy) is 2. The maximum atomic E-state index is 12.5. The molecule has 0 aliphatic heterocycles. The fourth-order valence-electron chi connectivity index (χ4n) is 4.94. The largest absolute Gasteiger partial charge is 0.500 e. The Bertz CT molecular complexity index is 699. The van der Waals surface area contributed by atoms with E-state index in [9.17, 15) is 14.4 Å². The van der Waals surface area contributed by atoms with E-state index >= 15 is 0 Å². The van der Waals surface area contributed by atoms with Crippen LogP contribution in [0.4, 0.5) is 9.59 Å². The number of carbonyl (C=O) groups is 3. The van der Waals surface area contributed by atoms with E-state index in [0.29, 0.717) is 31.2 Å². The summed E-state index contributed by atoms with van der Waals surface area (Å²) in [4.78, 5) is 35.9. The van der Waals surface area contributed by atoms with Gasteiger partial charge in [0.2, 0.25) is 0 Å². The van der Waals surface area contributed by atoms with E-state index in [0.717, 1.165) is 25.7 Å². The highest BCUT2D eigenvalue weighted by Crippen LogP contribution is 2.45. The fraction of sp³-hybridized carbons (Fsp3) is 0.875. The maximum absolute atomic E-state index is 12.5. The predicted molar refractivity (Wildman–Crippen MR) is 142 cm³/mol. The van der Waals surface area contributed by atoms with Crippen molar-refractivity contribution in [1.29, 1.82) is 0 Å². The molecule has 1 aliphatic rings. The van der Waals surface area contributed by atoms with Gasteiger partial charge in [-0.05, 0) is 36.5 Å². The molecule has 12 heteroatoms. The minimum absolute atomic E-state index is 0.00554. The van der Waals surface area contributed by atoms with Gasteiger partial charge in [0.1, 0.15) is 0 Å². The molecule has 10 nitrogen and oxygen atoms in total. The van der Waals surface area contributed by atoms with Crippen LogP contribution in [0.1, 0.15) is 66.2 Å². The van der Waals surface area contributed by atoms with Crippen LogP contribution in [0.5, 0.6) is 0 Å². The number of hydrogen-bond acceptors (Lipinski definition) is 9. The molecule has 0 spiro atoms. The summed E-state index contributed by atoms with van der Waals surface area (Å²) in [5, 5.41) is 5.98. The minimum Gasteiger partial charge on any atom is -0.466 e. The monoisotopic (exact) mass is 550 g/mol. The van der Waals surface area contributed by atoms with Crippen LogP contribution in [-0.4, -0.2) is 79.0 Å². The Morgan fingerprint density at radius 1 is 0.972 bits per heavy atom. The molecule has 36 heavy (non-hydrogen) atoms. The summed E-state index contributed by atoms with van der Waals surface area (Å²) >= 11 is 1.25.